The zero-order valence-electron chi connectivity index (χ0n) is 20.1. The van der Waals surface area contributed by atoms with Gasteiger partial charge in [0.15, 0.2) is 0 Å². The molecular weight excluding hydrogens is 467 g/mol. The van der Waals surface area contributed by atoms with Crippen molar-refractivity contribution in [3.8, 4) is 0 Å². The average Bonchev–Trinajstić information content (AvgIpc) is 3.56. The van der Waals surface area contributed by atoms with Crippen molar-refractivity contribution in [3.63, 3.8) is 0 Å². The Hall–Kier alpha value is -4.45. The van der Waals surface area contributed by atoms with Crippen LogP contribution in [0.5, 0.6) is 0 Å². The van der Waals surface area contributed by atoms with Crippen LogP contribution in [0.2, 0.25) is 0 Å². The fourth-order valence-electron chi connectivity index (χ4n) is 5.44. The molecule has 2 aliphatic rings. The highest BCUT2D eigenvalue weighted by Gasteiger charge is 2.47. The molecule has 2 aliphatic heterocycles. The highest BCUT2D eigenvalue weighted by Crippen LogP contribution is 2.43. The Balaban J connectivity index is 1.51. The SMILES string of the molecule is O=C1C(=O)N(c2ccc(N3CCCC3)cc2)C(c2ccc(F)cc2)/C1=C(/O)c1cccc2ccccc12. The summed E-state index contributed by atoms with van der Waals surface area (Å²) < 4.78 is 13.8. The number of halogens is 1. The molecule has 0 saturated carbocycles. The van der Waals surface area contributed by atoms with Crippen molar-refractivity contribution in [2.24, 2.45) is 0 Å². The molecule has 0 bridgehead atoms. The number of nitrogens with zero attached hydrogens (tertiary/aromatic N) is 2. The average molecular weight is 493 g/mol. The van der Waals surface area contributed by atoms with Crippen LogP contribution in [0.25, 0.3) is 16.5 Å². The molecule has 1 atom stereocenters. The van der Waals surface area contributed by atoms with Gasteiger partial charge in [-0.1, -0.05) is 54.6 Å². The first-order chi connectivity index (χ1) is 18.0. The van der Waals surface area contributed by atoms with E-state index in [9.17, 15) is 19.1 Å². The smallest absolute Gasteiger partial charge is 0.300 e. The first-order valence-electron chi connectivity index (χ1n) is 12.4. The number of aliphatic hydroxyl groups excluding tert-OH is 1. The summed E-state index contributed by atoms with van der Waals surface area (Å²) in [6.07, 6.45) is 2.30. The number of hydrogen-bond donors (Lipinski definition) is 1. The van der Waals surface area contributed by atoms with Gasteiger partial charge < -0.3 is 10.0 Å². The van der Waals surface area contributed by atoms with E-state index in [-0.39, 0.29) is 11.3 Å². The number of ketones is 1. The van der Waals surface area contributed by atoms with Gasteiger partial charge in [0.05, 0.1) is 11.6 Å². The van der Waals surface area contributed by atoms with E-state index in [2.05, 4.69) is 4.90 Å². The molecule has 1 unspecified atom stereocenters. The van der Waals surface area contributed by atoms with E-state index in [1.807, 2.05) is 54.6 Å². The molecule has 0 spiro atoms. The molecule has 6 heteroatoms. The zero-order valence-corrected chi connectivity index (χ0v) is 20.1. The van der Waals surface area contributed by atoms with Crippen LogP contribution in [0, 0.1) is 5.82 Å². The van der Waals surface area contributed by atoms with Gasteiger partial charge >= 0.3 is 0 Å². The number of anilines is 2. The third kappa shape index (κ3) is 3.95. The van der Waals surface area contributed by atoms with Crippen molar-refractivity contribution in [2.75, 3.05) is 22.9 Å². The van der Waals surface area contributed by atoms with Crippen molar-refractivity contribution in [3.05, 3.63) is 114 Å². The Bertz CT molecular complexity index is 1530. The van der Waals surface area contributed by atoms with Gasteiger partial charge in [0.1, 0.15) is 11.6 Å². The quantitative estimate of drug-likeness (QED) is 0.209. The number of carbonyl (C=O) groups excluding carboxylic acids is 2. The Morgan fingerprint density at radius 1 is 0.784 bits per heavy atom. The Morgan fingerprint density at radius 2 is 1.43 bits per heavy atom. The standard InChI is InChI=1S/C31H25FN2O3/c32-22-12-10-21(11-13-22)28-27(29(35)26-9-5-7-20-6-1-2-8-25(20)26)30(36)31(37)34(28)24-16-14-23(15-17-24)33-18-3-4-19-33/h1-2,5-17,28,35H,3-4,18-19H2/b29-27-. The van der Waals surface area contributed by atoms with Crippen LogP contribution in [0.15, 0.2) is 96.6 Å². The highest BCUT2D eigenvalue weighted by molar-refractivity contribution is 6.51. The fourth-order valence-corrected chi connectivity index (χ4v) is 5.44. The molecule has 6 rings (SSSR count). The highest BCUT2D eigenvalue weighted by atomic mass is 19.1. The van der Waals surface area contributed by atoms with Gasteiger partial charge in [0, 0.05) is 30.0 Å². The van der Waals surface area contributed by atoms with Gasteiger partial charge in [-0.2, -0.15) is 0 Å². The molecule has 5 nitrogen and oxygen atoms in total. The minimum absolute atomic E-state index is 0.0171. The molecular formula is C31H25FN2O3. The minimum atomic E-state index is -0.905. The van der Waals surface area contributed by atoms with Crippen molar-refractivity contribution >= 4 is 39.6 Å². The van der Waals surface area contributed by atoms with Crippen LogP contribution in [-0.2, 0) is 9.59 Å². The Kier molecular flexibility index (Phi) is 5.72. The van der Waals surface area contributed by atoms with E-state index in [0.717, 1.165) is 42.4 Å². The number of benzene rings is 4. The summed E-state index contributed by atoms with van der Waals surface area (Å²) in [5, 5.41) is 13.2. The van der Waals surface area contributed by atoms with Gasteiger partial charge in [-0.05, 0) is 65.6 Å². The summed E-state index contributed by atoms with van der Waals surface area (Å²) in [5.41, 5.74) is 2.58. The summed E-state index contributed by atoms with van der Waals surface area (Å²) in [6, 6.07) is 25.3. The van der Waals surface area contributed by atoms with E-state index in [1.54, 1.807) is 24.3 Å². The van der Waals surface area contributed by atoms with Crippen LogP contribution < -0.4 is 9.80 Å². The van der Waals surface area contributed by atoms with Crippen LogP contribution in [0.4, 0.5) is 15.8 Å². The lowest BCUT2D eigenvalue weighted by Gasteiger charge is -2.26. The summed E-state index contributed by atoms with van der Waals surface area (Å²) in [5.74, 6) is -2.18. The fraction of sp³-hybridized carbons (Fsp3) is 0.161. The normalized spacial score (nSPS) is 19.2. The first-order valence-corrected chi connectivity index (χ1v) is 12.4. The Morgan fingerprint density at radius 3 is 2.16 bits per heavy atom. The lowest BCUT2D eigenvalue weighted by Crippen LogP contribution is -2.29. The summed E-state index contributed by atoms with van der Waals surface area (Å²) >= 11 is 0. The number of Topliss-reactive ketones (excluding diaryl/α,β-unsaturated/α-hetero) is 1. The predicted octanol–water partition coefficient (Wildman–Crippen LogP) is 6.21. The molecule has 184 valence electrons. The summed E-state index contributed by atoms with van der Waals surface area (Å²) in [7, 11) is 0. The topological polar surface area (TPSA) is 60.9 Å². The summed E-state index contributed by atoms with van der Waals surface area (Å²) in [4.78, 5) is 30.6. The van der Waals surface area contributed by atoms with Crippen molar-refractivity contribution in [1.29, 1.82) is 0 Å². The maximum absolute atomic E-state index is 13.8. The zero-order chi connectivity index (χ0) is 25.5. The second kappa shape index (κ2) is 9.21. The monoisotopic (exact) mass is 492 g/mol. The molecule has 4 aromatic carbocycles. The molecule has 4 aromatic rings. The molecule has 0 radical (unpaired) electrons. The van der Waals surface area contributed by atoms with Gasteiger partial charge in [-0.25, -0.2) is 4.39 Å². The molecule has 0 aromatic heterocycles. The van der Waals surface area contributed by atoms with Crippen LogP contribution in [0.3, 0.4) is 0 Å². The molecule has 2 heterocycles. The second-order valence-corrected chi connectivity index (χ2v) is 9.46. The van der Waals surface area contributed by atoms with Crippen molar-refractivity contribution in [1.82, 2.24) is 0 Å². The second-order valence-electron chi connectivity index (χ2n) is 9.46. The molecule has 1 amide bonds. The molecule has 0 aliphatic carbocycles. The maximum atomic E-state index is 13.8. The predicted molar refractivity (Wildman–Crippen MR) is 143 cm³/mol. The number of amides is 1. The van der Waals surface area contributed by atoms with Gasteiger partial charge in [0.25, 0.3) is 11.7 Å². The van der Waals surface area contributed by atoms with E-state index < -0.39 is 23.5 Å². The number of carbonyl (C=O) groups is 2. The third-order valence-electron chi connectivity index (χ3n) is 7.27. The largest absolute Gasteiger partial charge is 0.507 e. The number of rotatable bonds is 4. The maximum Gasteiger partial charge on any atom is 0.300 e. The van der Waals surface area contributed by atoms with Crippen molar-refractivity contribution < 1.29 is 19.1 Å². The van der Waals surface area contributed by atoms with Crippen molar-refractivity contribution in [2.45, 2.75) is 18.9 Å². The molecule has 1 N–H and O–H groups in total. The van der Waals surface area contributed by atoms with E-state index in [1.165, 1.54) is 17.0 Å². The van der Waals surface area contributed by atoms with Crippen LogP contribution in [-0.4, -0.2) is 29.9 Å². The minimum Gasteiger partial charge on any atom is -0.507 e. The summed E-state index contributed by atoms with van der Waals surface area (Å²) in [6.45, 7) is 1.98. The van der Waals surface area contributed by atoms with Gasteiger partial charge in [0.2, 0.25) is 0 Å². The first kappa shape index (κ1) is 23.0. The molecule has 2 fully saturated rings. The number of hydrogen-bond acceptors (Lipinski definition) is 4. The third-order valence-corrected chi connectivity index (χ3v) is 7.27. The Labute approximate surface area is 214 Å². The number of aliphatic hydroxyl groups is 1. The van der Waals surface area contributed by atoms with E-state index >= 15 is 0 Å². The lowest BCUT2D eigenvalue weighted by atomic mass is 9.93. The van der Waals surface area contributed by atoms with Crippen LogP contribution in [0.1, 0.15) is 30.0 Å². The van der Waals surface area contributed by atoms with E-state index in [4.69, 9.17) is 0 Å². The number of fused-ring (bicyclic) bond motifs is 1. The lowest BCUT2D eigenvalue weighted by molar-refractivity contribution is -0.132. The van der Waals surface area contributed by atoms with Crippen LogP contribution >= 0.6 is 0 Å². The van der Waals surface area contributed by atoms with Gasteiger partial charge in [-0.3, -0.25) is 14.5 Å². The molecule has 37 heavy (non-hydrogen) atoms. The van der Waals surface area contributed by atoms with Gasteiger partial charge in [-0.15, -0.1) is 0 Å². The molecule has 2 saturated heterocycles. The van der Waals surface area contributed by atoms with E-state index in [0.29, 0.717) is 16.8 Å².